The van der Waals surface area contributed by atoms with Crippen LogP contribution in [-0.2, 0) is 11.3 Å². The summed E-state index contributed by atoms with van der Waals surface area (Å²) in [6.07, 6.45) is 0.494. The number of anilines is 1. The molecule has 136 valence electrons. The molecule has 27 heavy (non-hydrogen) atoms. The number of nitrogens with one attached hydrogen (secondary N) is 1. The maximum absolute atomic E-state index is 12.3. The van der Waals surface area contributed by atoms with Crippen molar-refractivity contribution in [1.82, 2.24) is 4.57 Å². The highest BCUT2D eigenvalue weighted by molar-refractivity contribution is 7.99. The Morgan fingerprint density at radius 2 is 1.67 bits per heavy atom. The summed E-state index contributed by atoms with van der Waals surface area (Å²) in [7, 11) is 0. The Bertz CT molecular complexity index is 1090. The van der Waals surface area contributed by atoms with Gasteiger partial charge in [0.2, 0.25) is 5.91 Å². The van der Waals surface area contributed by atoms with E-state index in [0.29, 0.717) is 6.42 Å². The number of rotatable bonds is 6. The highest BCUT2D eigenvalue weighted by atomic mass is 32.2. The van der Waals surface area contributed by atoms with Gasteiger partial charge in [-0.3, -0.25) is 4.79 Å². The van der Waals surface area contributed by atoms with Gasteiger partial charge in [0.25, 0.3) is 0 Å². The van der Waals surface area contributed by atoms with Crippen molar-refractivity contribution in [3.8, 4) is 0 Å². The summed E-state index contributed by atoms with van der Waals surface area (Å²) in [5.41, 5.74) is 3.30. The standard InChI is InChI=1S/C23H22N2OS/c1-2-25-21-11-7-6-10-19(21)20-16-17(12-13-22(20)25)24-23(26)14-15-27-18-8-4-3-5-9-18/h3-13,16H,2,14-15H2,1H3,(H,24,26). The molecular weight excluding hydrogens is 352 g/mol. The third-order valence-electron chi connectivity index (χ3n) is 4.71. The second-order valence-electron chi connectivity index (χ2n) is 6.45. The number of nitrogens with zero attached hydrogens (tertiary/aromatic N) is 1. The summed E-state index contributed by atoms with van der Waals surface area (Å²) in [6.45, 7) is 3.08. The second kappa shape index (κ2) is 7.89. The molecule has 0 aliphatic carbocycles. The van der Waals surface area contributed by atoms with E-state index in [4.69, 9.17) is 0 Å². The van der Waals surface area contributed by atoms with Crippen molar-refractivity contribution in [2.45, 2.75) is 24.8 Å². The molecule has 0 unspecified atom stereocenters. The van der Waals surface area contributed by atoms with Gasteiger partial charge >= 0.3 is 0 Å². The van der Waals surface area contributed by atoms with Crippen LogP contribution < -0.4 is 5.32 Å². The van der Waals surface area contributed by atoms with E-state index >= 15 is 0 Å². The second-order valence-corrected chi connectivity index (χ2v) is 7.62. The molecule has 0 atom stereocenters. The molecule has 4 aromatic rings. The first-order valence-electron chi connectivity index (χ1n) is 9.25. The maximum atomic E-state index is 12.3. The van der Waals surface area contributed by atoms with E-state index in [9.17, 15) is 4.79 Å². The van der Waals surface area contributed by atoms with Crippen LogP contribution in [0, 0.1) is 0 Å². The summed E-state index contributed by atoms with van der Waals surface area (Å²) < 4.78 is 2.31. The van der Waals surface area contributed by atoms with E-state index in [0.717, 1.165) is 18.0 Å². The van der Waals surface area contributed by atoms with Crippen molar-refractivity contribution in [2.75, 3.05) is 11.1 Å². The van der Waals surface area contributed by atoms with Crippen LogP contribution in [0.4, 0.5) is 5.69 Å². The number of carbonyl (C=O) groups is 1. The molecule has 4 heteroatoms. The van der Waals surface area contributed by atoms with Crippen LogP contribution in [0.25, 0.3) is 21.8 Å². The molecule has 1 aromatic heterocycles. The van der Waals surface area contributed by atoms with Gasteiger partial charge in [-0.05, 0) is 43.3 Å². The molecule has 0 saturated heterocycles. The molecule has 1 amide bonds. The highest BCUT2D eigenvalue weighted by Crippen LogP contribution is 2.31. The van der Waals surface area contributed by atoms with Gasteiger partial charge in [0.1, 0.15) is 0 Å². The minimum absolute atomic E-state index is 0.0528. The van der Waals surface area contributed by atoms with Gasteiger partial charge in [0.05, 0.1) is 0 Å². The van der Waals surface area contributed by atoms with E-state index in [1.54, 1.807) is 11.8 Å². The lowest BCUT2D eigenvalue weighted by Crippen LogP contribution is -2.12. The van der Waals surface area contributed by atoms with Gasteiger partial charge in [0.15, 0.2) is 0 Å². The van der Waals surface area contributed by atoms with Crippen LogP contribution in [0.2, 0.25) is 0 Å². The molecule has 3 nitrogen and oxygen atoms in total. The lowest BCUT2D eigenvalue weighted by atomic mass is 10.1. The SMILES string of the molecule is CCn1c2ccccc2c2cc(NC(=O)CCSc3ccccc3)ccc21. The molecule has 1 heterocycles. The van der Waals surface area contributed by atoms with Gasteiger partial charge in [-0.25, -0.2) is 0 Å². The molecule has 0 fully saturated rings. The Labute approximate surface area is 163 Å². The van der Waals surface area contributed by atoms with E-state index in [-0.39, 0.29) is 5.91 Å². The van der Waals surface area contributed by atoms with Gasteiger partial charge in [-0.2, -0.15) is 0 Å². The number of carbonyl (C=O) groups excluding carboxylic acids is 1. The van der Waals surface area contributed by atoms with Crippen LogP contribution >= 0.6 is 11.8 Å². The number of thioether (sulfide) groups is 1. The average molecular weight is 375 g/mol. The van der Waals surface area contributed by atoms with Gasteiger partial charge in [0, 0.05) is 51.1 Å². The Kier molecular flexibility index (Phi) is 5.16. The van der Waals surface area contributed by atoms with Crippen molar-refractivity contribution < 1.29 is 4.79 Å². The fourth-order valence-electron chi connectivity index (χ4n) is 3.47. The Morgan fingerprint density at radius 1 is 0.926 bits per heavy atom. The van der Waals surface area contributed by atoms with Crippen LogP contribution in [0.5, 0.6) is 0 Å². The summed E-state index contributed by atoms with van der Waals surface area (Å²) in [4.78, 5) is 13.5. The van der Waals surface area contributed by atoms with Crippen molar-refractivity contribution in [3.05, 3.63) is 72.8 Å². The van der Waals surface area contributed by atoms with Crippen LogP contribution in [-0.4, -0.2) is 16.2 Å². The van der Waals surface area contributed by atoms with Crippen molar-refractivity contribution in [3.63, 3.8) is 0 Å². The van der Waals surface area contributed by atoms with Crippen molar-refractivity contribution in [1.29, 1.82) is 0 Å². The fraction of sp³-hybridized carbons (Fsp3) is 0.174. The predicted octanol–water partition coefficient (Wildman–Crippen LogP) is 5.94. The quantitative estimate of drug-likeness (QED) is 0.424. The number of aromatic nitrogens is 1. The number of amides is 1. The monoisotopic (exact) mass is 374 g/mol. The van der Waals surface area contributed by atoms with Crippen LogP contribution in [0.15, 0.2) is 77.7 Å². The largest absolute Gasteiger partial charge is 0.341 e. The summed E-state index contributed by atoms with van der Waals surface area (Å²) in [5.74, 6) is 0.824. The van der Waals surface area contributed by atoms with Gasteiger partial charge < -0.3 is 9.88 Å². The smallest absolute Gasteiger partial charge is 0.225 e. The van der Waals surface area contributed by atoms with E-state index in [1.807, 2.05) is 24.3 Å². The minimum atomic E-state index is 0.0528. The Balaban J connectivity index is 1.49. The number of para-hydroxylation sites is 1. The molecule has 1 N–H and O–H groups in total. The summed E-state index contributed by atoms with van der Waals surface area (Å²) in [6, 6.07) is 24.8. The number of benzene rings is 3. The molecule has 0 saturated carbocycles. The molecule has 0 bridgehead atoms. The number of hydrogen-bond acceptors (Lipinski definition) is 2. The summed E-state index contributed by atoms with van der Waals surface area (Å²) >= 11 is 1.71. The lowest BCUT2D eigenvalue weighted by Gasteiger charge is -2.07. The van der Waals surface area contributed by atoms with E-state index in [1.165, 1.54) is 26.7 Å². The lowest BCUT2D eigenvalue weighted by molar-refractivity contribution is -0.115. The maximum Gasteiger partial charge on any atom is 0.225 e. The van der Waals surface area contributed by atoms with Crippen molar-refractivity contribution >= 4 is 45.2 Å². The molecule has 3 aromatic carbocycles. The highest BCUT2D eigenvalue weighted by Gasteiger charge is 2.10. The van der Waals surface area contributed by atoms with E-state index < -0.39 is 0 Å². The molecule has 0 aliphatic rings. The normalized spacial score (nSPS) is 11.1. The first kappa shape index (κ1) is 17.7. The summed E-state index contributed by atoms with van der Waals surface area (Å²) in [5, 5.41) is 5.46. The topological polar surface area (TPSA) is 34.0 Å². The van der Waals surface area contributed by atoms with Crippen molar-refractivity contribution in [2.24, 2.45) is 0 Å². The predicted molar refractivity (Wildman–Crippen MR) is 116 cm³/mol. The van der Waals surface area contributed by atoms with Gasteiger partial charge in [-0.1, -0.05) is 36.4 Å². The fourth-order valence-corrected chi connectivity index (χ4v) is 4.35. The Hall–Kier alpha value is -2.72. The average Bonchev–Trinajstić information content (AvgIpc) is 3.02. The van der Waals surface area contributed by atoms with Crippen LogP contribution in [0.3, 0.4) is 0 Å². The molecule has 4 rings (SSSR count). The molecular formula is C23H22N2OS. The zero-order valence-corrected chi connectivity index (χ0v) is 16.1. The zero-order chi connectivity index (χ0) is 18.6. The molecule has 0 aliphatic heterocycles. The number of hydrogen-bond donors (Lipinski definition) is 1. The van der Waals surface area contributed by atoms with Gasteiger partial charge in [-0.15, -0.1) is 11.8 Å². The number of fused-ring (bicyclic) bond motifs is 3. The number of aryl methyl sites for hydroxylation is 1. The van der Waals surface area contributed by atoms with E-state index in [2.05, 4.69) is 65.3 Å². The third-order valence-corrected chi connectivity index (χ3v) is 5.73. The third kappa shape index (κ3) is 3.71. The molecule has 0 radical (unpaired) electrons. The minimum Gasteiger partial charge on any atom is -0.341 e. The zero-order valence-electron chi connectivity index (χ0n) is 15.3. The molecule has 0 spiro atoms. The van der Waals surface area contributed by atoms with Crippen LogP contribution in [0.1, 0.15) is 13.3 Å². The first-order chi connectivity index (χ1) is 13.3. The Morgan fingerprint density at radius 3 is 2.48 bits per heavy atom. The first-order valence-corrected chi connectivity index (χ1v) is 10.2.